The van der Waals surface area contributed by atoms with Gasteiger partial charge in [0, 0.05) is 30.8 Å². The first-order valence-electron chi connectivity index (χ1n) is 6.26. The first kappa shape index (κ1) is 13.6. The van der Waals surface area contributed by atoms with Crippen LogP contribution in [0.4, 0.5) is 0 Å². The monoisotopic (exact) mass is 313 g/mol. The van der Waals surface area contributed by atoms with E-state index in [9.17, 15) is 4.79 Å². The number of nitrogens with zero attached hydrogens (tertiary/aromatic N) is 3. The molecule has 1 aliphatic heterocycles. The van der Waals surface area contributed by atoms with Gasteiger partial charge < -0.3 is 14.4 Å². The van der Waals surface area contributed by atoms with Crippen LogP contribution in [0.15, 0.2) is 16.7 Å². The molecule has 0 N–H and O–H groups in total. The largest absolute Gasteiger partial charge is 0.345 e. The molecule has 0 spiro atoms. The summed E-state index contributed by atoms with van der Waals surface area (Å²) in [5.74, 6) is 0.109. The van der Waals surface area contributed by atoms with Gasteiger partial charge in [0.1, 0.15) is 5.69 Å². The average Bonchev–Trinajstić information content (AvgIpc) is 2.67. The molecule has 1 aromatic rings. The van der Waals surface area contributed by atoms with Crippen LogP contribution < -0.4 is 0 Å². The highest BCUT2D eigenvalue weighted by Gasteiger charge is 2.25. The zero-order chi connectivity index (χ0) is 13.3. The molecular formula is C13H20BrN3O. The Hall–Kier alpha value is -0.810. The predicted molar refractivity (Wildman–Crippen MR) is 75.7 cm³/mol. The number of likely N-dealkylation sites (tertiary alicyclic amines) is 1. The molecule has 2 rings (SSSR count). The third kappa shape index (κ3) is 2.78. The number of hydrogen-bond acceptors (Lipinski definition) is 2. The molecule has 1 amide bonds. The lowest BCUT2D eigenvalue weighted by Gasteiger charge is -2.35. The highest BCUT2D eigenvalue weighted by Crippen LogP contribution is 2.19. The van der Waals surface area contributed by atoms with Gasteiger partial charge in [-0.15, -0.1) is 0 Å². The van der Waals surface area contributed by atoms with Gasteiger partial charge in [0.15, 0.2) is 0 Å². The van der Waals surface area contributed by atoms with E-state index in [2.05, 4.69) is 27.9 Å². The molecule has 0 atom stereocenters. The van der Waals surface area contributed by atoms with E-state index in [1.54, 1.807) is 0 Å². The molecule has 5 heteroatoms. The molecule has 0 radical (unpaired) electrons. The first-order valence-corrected chi connectivity index (χ1v) is 7.06. The van der Waals surface area contributed by atoms with Gasteiger partial charge >= 0.3 is 0 Å². The Balaban J connectivity index is 2.07. The normalized spacial score (nSPS) is 18.0. The van der Waals surface area contributed by atoms with Crippen LogP contribution in [-0.4, -0.2) is 53.5 Å². The maximum absolute atomic E-state index is 12.4. The summed E-state index contributed by atoms with van der Waals surface area (Å²) in [4.78, 5) is 16.6. The lowest BCUT2D eigenvalue weighted by Crippen LogP contribution is -2.44. The molecule has 0 aliphatic carbocycles. The smallest absolute Gasteiger partial charge is 0.270 e. The van der Waals surface area contributed by atoms with Crippen LogP contribution in [0.3, 0.4) is 0 Å². The number of carbonyl (C=O) groups is 1. The highest BCUT2D eigenvalue weighted by molar-refractivity contribution is 9.10. The van der Waals surface area contributed by atoms with E-state index in [0.717, 1.165) is 36.1 Å². The van der Waals surface area contributed by atoms with E-state index in [1.165, 1.54) is 0 Å². The number of amides is 1. The van der Waals surface area contributed by atoms with E-state index in [1.807, 2.05) is 35.8 Å². The minimum atomic E-state index is 0.109. The number of aryl methyl sites for hydroxylation is 1. The fourth-order valence-corrected chi connectivity index (χ4v) is 2.99. The summed E-state index contributed by atoms with van der Waals surface area (Å²) >= 11 is 3.41. The topological polar surface area (TPSA) is 28.5 Å². The van der Waals surface area contributed by atoms with Crippen LogP contribution in [0.5, 0.6) is 0 Å². The zero-order valence-electron chi connectivity index (χ0n) is 11.2. The Morgan fingerprint density at radius 3 is 2.50 bits per heavy atom. The van der Waals surface area contributed by atoms with E-state index in [4.69, 9.17) is 0 Å². The summed E-state index contributed by atoms with van der Waals surface area (Å²) in [6.07, 6.45) is 4.03. The Kier molecular flexibility index (Phi) is 4.12. The van der Waals surface area contributed by atoms with Crippen molar-refractivity contribution in [1.29, 1.82) is 0 Å². The minimum absolute atomic E-state index is 0.109. The van der Waals surface area contributed by atoms with Gasteiger partial charge in [0.25, 0.3) is 5.91 Å². The summed E-state index contributed by atoms with van der Waals surface area (Å²) in [6.45, 7) is 2.14. The van der Waals surface area contributed by atoms with Gasteiger partial charge in [-0.05, 0) is 55.0 Å². The van der Waals surface area contributed by atoms with E-state index >= 15 is 0 Å². The van der Waals surface area contributed by atoms with Crippen molar-refractivity contribution < 1.29 is 4.79 Å². The maximum Gasteiger partial charge on any atom is 0.270 e. The first-order chi connectivity index (χ1) is 8.49. The predicted octanol–water partition coefficient (Wildman–Crippen LogP) is 1.95. The molecule has 1 saturated heterocycles. The highest BCUT2D eigenvalue weighted by atomic mass is 79.9. The summed E-state index contributed by atoms with van der Waals surface area (Å²) in [7, 11) is 5.95. The Bertz CT molecular complexity index is 435. The van der Waals surface area contributed by atoms with Gasteiger partial charge in [-0.1, -0.05) is 0 Å². The summed E-state index contributed by atoms with van der Waals surface area (Å²) in [6, 6.07) is 2.25. The SMILES string of the molecule is CN1CCC(N(C)C(=O)c2cc(Br)cn2C)CC1. The molecule has 0 unspecified atom stereocenters. The van der Waals surface area contributed by atoms with Crippen molar-refractivity contribution in [3.63, 3.8) is 0 Å². The fourth-order valence-electron chi connectivity index (χ4n) is 2.47. The molecule has 0 bridgehead atoms. The summed E-state index contributed by atoms with van der Waals surface area (Å²) in [5.41, 5.74) is 0.739. The third-order valence-corrected chi connectivity index (χ3v) is 4.18. The number of hydrogen-bond donors (Lipinski definition) is 0. The number of aromatic nitrogens is 1. The molecular weight excluding hydrogens is 294 g/mol. The quantitative estimate of drug-likeness (QED) is 0.835. The van der Waals surface area contributed by atoms with Crippen molar-refractivity contribution in [1.82, 2.24) is 14.4 Å². The number of rotatable bonds is 2. The van der Waals surface area contributed by atoms with E-state index in [0.29, 0.717) is 6.04 Å². The van der Waals surface area contributed by atoms with Crippen molar-refractivity contribution >= 4 is 21.8 Å². The molecule has 18 heavy (non-hydrogen) atoms. The van der Waals surface area contributed by atoms with E-state index in [-0.39, 0.29) is 5.91 Å². The van der Waals surface area contributed by atoms with Gasteiger partial charge in [-0.25, -0.2) is 0 Å². The second-order valence-corrected chi connectivity index (χ2v) is 6.02. The Labute approximate surface area is 117 Å². The number of piperidine rings is 1. The van der Waals surface area contributed by atoms with Gasteiger partial charge in [-0.3, -0.25) is 4.79 Å². The summed E-state index contributed by atoms with van der Waals surface area (Å²) in [5, 5.41) is 0. The molecule has 4 nitrogen and oxygen atoms in total. The van der Waals surface area contributed by atoms with Crippen molar-refractivity contribution in [3.8, 4) is 0 Å². The van der Waals surface area contributed by atoms with E-state index < -0.39 is 0 Å². The van der Waals surface area contributed by atoms with Crippen molar-refractivity contribution in [2.45, 2.75) is 18.9 Å². The molecule has 0 aromatic carbocycles. The van der Waals surface area contributed by atoms with Gasteiger partial charge in [-0.2, -0.15) is 0 Å². The number of halogens is 1. The molecule has 0 saturated carbocycles. The Morgan fingerprint density at radius 1 is 1.39 bits per heavy atom. The second kappa shape index (κ2) is 5.45. The minimum Gasteiger partial charge on any atom is -0.345 e. The van der Waals surface area contributed by atoms with Crippen LogP contribution >= 0.6 is 15.9 Å². The molecule has 100 valence electrons. The van der Waals surface area contributed by atoms with Crippen LogP contribution in [0.1, 0.15) is 23.3 Å². The molecule has 1 fully saturated rings. The maximum atomic E-state index is 12.4. The zero-order valence-corrected chi connectivity index (χ0v) is 12.8. The summed E-state index contributed by atoms with van der Waals surface area (Å²) < 4.78 is 2.82. The van der Waals surface area contributed by atoms with Crippen LogP contribution in [-0.2, 0) is 7.05 Å². The molecule has 2 heterocycles. The fraction of sp³-hybridized carbons (Fsp3) is 0.615. The second-order valence-electron chi connectivity index (χ2n) is 5.10. The third-order valence-electron chi connectivity index (χ3n) is 3.75. The van der Waals surface area contributed by atoms with Crippen LogP contribution in [0, 0.1) is 0 Å². The molecule has 1 aromatic heterocycles. The van der Waals surface area contributed by atoms with Gasteiger partial charge in [0.2, 0.25) is 0 Å². The Morgan fingerprint density at radius 2 is 2.00 bits per heavy atom. The number of carbonyl (C=O) groups excluding carboxylic acids is 1. The van der Waals surface area contributed by atoms with Crippen molar-refractivity contribution in [2.75, 3.05) is 27.2 Å². The molecule has 1 aliphatic rings. The lowest BCUT2D eigenvalue weighted by molar-refractivity contribution is 0.0650. The van der Waals surface area contributed by atoms with Crippen molar-refractivity contribution in [3.05, 3.63) is 22.4 Å². The van der Waals surface area contributed by atoms with Crippen LogP contribution in [0.2, 0.25) is 0 Å². The lowest BCUT2D eigenvalue weighted by atomic mass is 10.0. The average molecular weight is 314 g/mol. The van der Waals surface area contributed by atoms with Gasteiger partial charge in [0.05, 0.1) is 0 Å². The standard InChI is InChI=1S/C13H20BrN3O/c1-15-6-4-11(5-7-15)17(3)13(18)12-8-10(14)9-16(12)2/h8-9,11H,4-7H2,1-3H3. The van der Waals surface area contributed by atoms with Crippen LogP contribution in [0.25, 0.3) is 0 Å². The van der Waals surface area contributed by atoms with Crippen molar-refractivity contribution in [2.24, 2.45) is 7.05 Å².